The minimum absolute atomic E-state index is 0.138. The van der Waals surface area contributed by atoms with Crippen LogP contribution in [0, 0.1) is 0 Å². The topological polar surface area (TPSA) is 37.4 Å². The molecule has 0 fully saturated rings. The first-order valence-corrected chi connectivity index (χ1v) is 7.71. The third-order valence-corrected chi connectivity index (χ3v) is 4.78. The van der Waals surface area contributed by atoms with Crippen molar-refractivity contribution in [1.82, 2.24) is 4.90 Å². The first kappa shape index (κ1) is 12.8. The molecule has 1 aliphatic carbocycles. The number of aryl methyl sites for hydroxylation is 1. The molecule has 104 valence electrons. The highest BCUT2D eigenvalue weighted by Crippen LogP contribution is 2.40. The zero-order valence-electron chi connectivity index (χ0n) is 11.2. The van der Waals surface area contributed by atoms with Crippen molar-refractivity contribution < 1.29 is 9.59 Å². The van der Waals surface area contributed by atoms with Crippen LogP contribution in [0.4, 0.5) is 0 Å². The van der Waals surface area contributed by atoms with E-state index in [9.17, 15) is 9.59 Å². The maximum atomic E-state index is 12.6. The number of rotatable bonds is 1. The second-order valence-corrected chi connectivity index (χ2v) is 6.34. The van der Waals surface area contributed by atoms with Crippen LogP contribution in [0.15, 0.2) is 46.9 Å². The lowest BCUT2D eigenvalue weighted by atomic mass is 10.1. The summed E-state index contributed by atoms with van der Waals surface area (Å²) in [4.78, 5) is 26.6. The van der Waals surface area contributed by atoms with Crippen molar-refractivity contribution in [3.8, 4) is 0 Å². The summed E-state index contributed by atoms with van der Waals surface area (Å²) in [5, 5.41) is 0. The average Bonchev–Trinajstić information content (AvgIpc) is 2.99. The molecule has 1 aliphatic heterocycles. The van der Waals surface area contributed by atoms with E-state index in [2.05, 4.69) is 22.0 Å². The number of carbonyl (C=O) groups excluding carboxylic acids is 2. The number of imide groups is 1. The quantitative estimate of drug-likeness (QED) is 0.741. The van der Waals surface area contributed by atoms with Crippen LogP contribution in [0.3, 0.4) is 0 Å². The van der Waals surface area contributed by atoms with Gasteiger partial charge in [0.15, 0.2) is 0 Å². The van der Waals surface area contributed by atoms with Crippen molar-refractivity contribution in [1.29, 1.82) is 0 Å². The number of hydrogen-bond acceptors (Lipinski definition) is 2. The van der Waals surface area contributed by atoms with Crippen LogP contribution >= 0.6 is 15.9 Å². The van der Waals surface area contributed by atoms with E-state index in [0.29, 0.717) is 11.1 Å². The standard InChI is InChI=1S/C17H12BrNO2/c18-11-6-7-12-10(9-11)5-8-15(12)19-16(20)13-3-1-2-4-14(13)17(19)21/h1-4,6-7,9,15H,5,8H2/t15-/m1/s1. The number of fused-ring (bicyclic) bond motifs is 2. The van der Waals surface area contributed by atoms with Gasteiger partial charge < -0.3 is 0 Å². The van der Waals surface area contributed by atoms with Crippen molar-refractivity contribution in [2.45, 2.75) is 18.9 Å². The molecule has 0 spiro atoms. The molecule has 0 saturated heterocycles. The Morgan fingerprint density at radius 1 is 1.00 bits per heavy atom. The van der Waals surface area contributed by atoms with E-state index in [1.54, 1.807) is 24.3 Å². The van der Waals surface area contributed by atoms with Gasteiger partial charge in [-0.2, -0.15) is 0 Å². The molecule has 21 heavy (non-hydrogen) atoms. The summed E-state index contributed by atoms with van der Waals surface area (Å²) in [6.45, 7) is 0. The van der Waals surface area contributed by atoms with Gasteiger partial charge in [0.25, 0.3) is 11.8 Å². The molecule has 4 heteroatoms. The Balaban J connectivity index is 1.78. The highest BCUT2D eigenvalue weighted by molar-refractivity contribution is 9.10. The molecule has 1 heterocycles. The van der Waals surface area contributed by atoms with Crippen molar-refractivity contribution in [3.05, 3.63) is 69.2 Å². The highest BCUT2D eigenvalue weighted by atomic mass is 79.9. The molecule has 2 aromatic rings. The van der Waals surface area contributed by atoms with E-state index < -0.39 is 0 Å². The van der Waals surface area contributed by atoms with E-state index in [1.165, 1.54) is 10.5 Å². The van der Waals surface area contributed by atoms with Gasteiger partial charge in [-0.05, 0) is 48.2 Å². The lowest BCUT2D eigenvalue weighted by molar-refractivity contribution is 0.0582. The maximum absolute atomic E-state index is 12.6. The molecule has 2 aromatic carbocycles. The van der Waals surface area contributed by atoms with Crippen LogP contribution in [0.1, 0.15) is 44.3 Å². The van der Waals surface area contributed by atoms with E-state index in [4.69, 9.17) is 0 Å². The van der Waals surface area contributed by atoms with E-state index in [-0.39, 0.29) is 17.9 Å². The largest absolute Gasteiger partial charge is 0.269 e. The summed E-state index contributed by atoms with van der Waals surface area (Å²) in [6, 6.07) is 13.0. The van der Waals surface area contributed by atoms with Gasteiger partial charge in [-0.25, -0.2) is 0 Å². The van der Waals surface area contributed by atoms with Gasteiger partial charge in [0.2, 0.25) is 0 Å². The number of amides is 2. The molecular weight excluding hydrogens is 330 g/mol. The Bertz CT molecular complexity index is 749. The Kier molecular flexibility index (Phi) is 2.76. The Labute approximate surface area is 130 Å². The zero-order chi connectivity index (χ0) is 14.6. The van der Waals surface area contributed by atoms with E-state index in [0.717, 1.165) is 22.9 Å². The smallest absolute Gasteiger partial charge is 0.262 e. The lowest BCUT2D eigenvalue weighted by Crippen LogP contribution is -2.33. The summed E-state index contributed by atoms with van der Waals surface area (Å²) in [5.74, 6) is -0.340. The molecule has 4 rings (SSSR count). The molecule has 0 radical (unpaired) electrons. The molecule has 0 saturated carbocycles. The third kappa shape index (κ3) is 1.79. The predicted octanol–water partition coefficient (Wildman–Crippen LogP) is 3.73. The van der Waals surface area contributed by atoms with Crippen LogP contribution in [-0.2, 0) is 6.42 Å². The van der Waals surface area contributed by atoms with Gasteiger partial charge in [-0.1, -0.05) is 34.1 Å². The van der Waals surface area contributed by atoms with Gasteiger partial charge in [0, 0.05) is 4.47 Å². The molecule has 2 aliphatic rings. The van der Waals surface area contributed by atoms with Gasteiger partial charge >= 0.3 is 0 Å². The van der Waals surface area contributed by atoms with Crippen molar-refractivity contribution in [2.24, 2.45) is 0 Å². The fraction of sp³-hybridized carbons (Fsp3) is 0.176. The van der Waals surface area contributed by atoms with Gasteiger partial charge in [-0.15, -0.1) is 0 Å². The van der Waals surface area contributed by atoms with Crippen LogP contribution < -0.4 is 0 Å². The van der Waals surface area contributed by atoms with Crippen molar-refractivity contribution in [2.75, 3.05) is 0 Å². The number of carbonyl (C=O) groups is 2. The van der Waals surface area contributed by atoms with Gasteiger partial charge in [0.05, 0.1) is 17.2 Å². The fourth-order valence-electron chi connectivity index (χ4n) is 3.32. The van der Waals surface area contributed by atoms with E-state index >= 15 is 0 Å². The molecule has 0 aromatic heterocycles. The zero-order valence-corrected chi connectivity index (χ0v) is 12.8. The Morgan fingerprint density at radius 2 is 1.67 bits per heavy atom. The SMILES string of the molecule is O=C1c2ccccc2C(=O)N1[C@@H]1CCc2cc(Br)ccc21. The maximum Gasteiger partial charge on any atom is 0.262 e. The lowest BCUT2D eigenvalue weighted by Gasteiger charge is -2.23. The molecule has 0 unspecified atom stereocenters. The summed E-state index contributed by atoms with van der Waals surface area (Å²) in [7, 11) is 0. The second-order valence-electron chi connectivity index (χ2n) is 5.42. The second kappa shape index (κ2) is 4.53. The molecule has 1 atom stereocenters. The molecular formula is C17H12BrNO2. The highest BCUT2D eigenvalue weighted by Gasteiger charge is 2.42. The minimum Gasteiger partial charge on any atom is -0.269 e. The van der Waals surface area contributed by atoms with Crippen LogP contribution in [-0.4, -0.2) is 16.7 Å². The molecule has 0 N–H and O–H groups in total. The first-order chi connectivity index (χ1) is 10.2. The van der Waals surface area contributed by atoms with Gasteiger partial charge in [0.1, 0.15) is 0 Å². The summed E-state index contributed by atoms with van der Waals surface area (Å²) >= 11 is 3.47. The molecule has 2 amide bonds. The van der Waals surface area contributed by atoms with Crippen molar-refractivity contribution in [3.63, 3.8) is 0 Å². The summed E-state index contributed by atoms with van der Waals surface area (Å²) < 4.78 is 1.03. The normalized spacial score (nSPS) is 19.9. The van der Waals surface area contributed by atoms with Crippen LogP contribution in [0.25, 0.3) is 0 Å². The van der Waals surface area contributed by atoms with Crippen LogP contribution in [0.5, 0.6) is 0 Å². The van der Waals surface area contributed by atoms with Gasteiger partial charge in [-0.3, -0.25) is 14.5 Å². The average molecular weight is 342 g/mol. The molecule has 0 bridgehead atoms. The number of nitrogens with zero attached hydrogens (tertiary/aromatic N) is 1. The predicted molar refractivity (Wildman–Crippen MR) is 82.1 cm³/mol. The monoisotopic (exact) mass is 341 g/mol. The Hall–Kier alpha value is -1.94. The first-order valence-electron chi connectivity index (χ1n) is 6.92. The Morgan fingerprint density at radius 3 is 2.33 bits per heavy atom. The number of halogens is 1. The number of hydrogen-bond donors (Lipinski definition) is 0. The minimum atomic E-state index is -0.170. The van der Waals surface area contributed by atoms with E-state index in [1.807, 2.05) is 12.1 Å². The molecule has 3 nitrogen and oxygen atoms in total. The fourth-order valence-corrected chi connectivity index (χ4v) is 3.73. The summed E-state index contributed by atoms with van der Waals surface area (Å²) in [5.41, 5.74) is 3.35. The van der Waals surface area contributed by atoms with Crippen LogP contribution in [0.2, 0.25) is 0 Å². The number of benzene rings is 2. The van der Waals surface area contributed by atoms with Crippen molar-refractivity contribution >= 4 is 27.7 Å². The third-order valence-electron chi connectivity index (χ3n) is 4.29. The summed E-state index contributed by atoms with van der Waals surface area (Å²) in [6.07, 6.45) is 1.70.